The van der Waals surface area contributed by atoms with Crippen LogP contribution in [-0.4, -0.2) is 81.7 Å². The molecule has 2 atom stereocenters. The minimum atomic E-state index is -0.497. The van der Waals surface area contributed by atoms with Crippen LogP contribution >= 0.6 is 24.0 Å². The van der Waals surface area contributed by atoms with E-state index in [9.17, 15) is 4.79 Å². The van der Waals surface area contributed by atoms with Crippen molar-refractivity contribution in [3.63, 3.8) is 0 Å². The first-order chi connectivity index (χ1) is 15.0. The molecule has 2 aliphatic heterocycles. The monoisotopic (exact) mass is 558 g/mol. The number of nitrogens with one attached hydrogen (secondary N) is 2. The molecule has 9 heteroatoms. The summed E-state index contributed by atoms with van der Waals surface area (Å²) < 4.78 is 17.6. The fourth-order valence-corrected chi connectivity index (χ4v) is 4.33. The van der Waals surface area contributed by atoms with Gasteiger partial charge in [0.25, 0.3) is 0 Å². The highest BCUT2D eigenvalue weighted by atomic mass is 127. The van der Waals surface area contributed by atoms with E-state index in [0.29, 0.717) is 32.3 Å². The van der Waals surface area contributed by atoms with Crippen LogP contribution in [0.1, 0.15) is 30.4 Å². The van der Waals surface area contributed by atoms with Gasteiger partial charge in [0.15, 0.2) is 11.7 Å². The zero-order valence-electron chi connectivity index (χ0n) is 19.0. The predicted molar refractivity (Wildman–Crippen MR) is 133 cm³/mol. The molecule has 2 N–H and O–H groups in total. The maximum Gasteiger partial charge on any atom is 0.243 e. The third-order valence-corrected chi connectivity index (χ3v) is 6.22. The van der Waals surface area contributed by atoms with Crippen LogP contribution in [-0.2, 0) is 31.8 Å². The van der Waals surface area contributed by atoms with Crippen LogP contribution < -0.4 is 10.6 Å². The summed E-state index contributed by atoms with van der Waals surface area (Å²) in [6, 6.07) is 8.87. The van der Waals surface area contributed by atoms with Crippen LogP contribution in [0, 0.1) is 0 Å². The first kappa shape index (κ1) is 25.2. The van der Waals surface area contributed by atoms with Gasteiger partial charge >= 0.3 is 0 Å². The number of aryl methyl sites for hydroxylation is 1. The summed E-state index contributed by atoms with van der Waals surface area (Å²) in [6.45, 7) is 2.57. The lowest BCUT2D eigenvalue weighted by Crippen LogP contribution is -2.48. The second kappa shape index (κ2) is 11.6. The Morgan fingerprint density at radius 1 is 1.22 bits per heavy atom. The average molecular weight is 558 g/mol. The minimum Gasteiger partial charge on any atom is -0.381 e. The van der Waals surface area contributed by atoms with Gasteiger partial charge < -0.3 is 29.7 Å². The third kappa shape index (κ3) is 6.55. The molecule has 0 radical (unpaired) electrons. The summed E-state index contributed by atoms with van der Waals surface area (Å²) in [5.41, 5.74) is 2.80. The van der Waals surface area contributed by atoms with Gasteiger partial charge in [-0.3, -0.25) is 4.79 Å². The molecule has 2 unspecified atom stereocenters. The quantitative estimate of drug-likeness (QED) is 0.326. The van der Waals surface area contributed by atoms with Crippen LogP contribution in [0.4, 0.5) is 0 Å². The summed E-state index contributed by atoms with van der Waals surface area (Å²) in [4.78, 5) is 18.2. The lowest BCUT2D eigenvalue weighted by atomic mass is 9.88. The van der Waals surface area contributed by atoms with Crippen LogP contribution in [0.3, 0.4) is 0 Å². The van der Waals surface area contributed by atoms with Crippen molar-refractivity contribution in [2.24, 2.45) is 4.99 Å². The first-order valence-electron chi connectivity index (χ1n) is 11.2. The van der Waals surface area contributed by atoms with E-state index < -0.39 is 5.79 Å². The summed E-state index contributed by atoms with van der Waals surface area (Å²) >= 11 is 0. The number of amides is 1. The molecule has 1 amide bonds. The van der Waals surface area contributed by atoms with Crippen LogP contribution in [0.5, 0.6) is 0 Å². The third-order valence-electron chi connectivity index (χ3n) is 6.22. The highest BCUT2D eigenvalue weighted by Crippen LogP contribution is 2.33. The van der Waals surface area contributed by atoms with Crippen molar-refractivity contribution >= 4 is 35.8 Å². The highest BCUT2D eigenvalue weighted by molar-refractivity contribution is 14.0. The average Bonchev–Trinajstić information content (AvgIpc) is 3.17. The number of fused-ring (bicyclic) bond motifs is 1. The first-order valence-corrected chi connectivity index (χ1v) is 11.2. The van der Waals surface area contributed by atoms with Crippen LogP contribution in [0.25, 0.3) is 0 Å². The Kier molecular flexibility index (Phi) is 9.15. The largest absolute Gasteiger partial charge is 0.381 e. The number of nitrogens with zero attached hydrogens (tertiary/aromatic N) is 2. The number of aliphatic imine (C=N–C) groups is 1. The lowest BCUT2D eigenvalue weighted by molar-refractivity contribution is -0.210. The molecule has 0 aromatic heterocycles. The smallest absolute Gasteiger partial charge is 0.243 e. The second-order valence-corrected chi connectivity index (χ2v) is 8.76. The number of benzene rings is 1. The maximum absolute atomic E-state index is 12.1. The van der Waals surface area contributed by atoms with E-state index in [0.717, 1.165) is 32.1 Å². The molecule has 3 aliphatic rings. The molecule has 1 aromatic carbocycles. The Labute approximate surface area is 207 Å². The Morgan fingerprint density at radius 2 is 1.97 bits per heavy atom. The highest BCUT2D eigenvalue weighted by Gasteiger charge is 2.42. The summed E-state index contributed by atoms with van der Waals surface area (Å²) in [6.07, 6.45) is 4.50. The number of likely N-dealkylation sites (N-methyl/N-ethyl adjacent to an activating group) is 1. The van der Waals surface area contributed by atoms with Crippen molar-refractivity contribution in [2.75, 3.05) is 47.0 Å². The lowest BCUT2D eigenvalue weighted by Gasteiger charge is -2.32. The molecule has 1 aliphatic carbocycles. The Bertz CT molecular complexity index is 798. The minimum absolute atomic E-state index is 0. The number of ether oxygens (including phenoxy) is 3. The van der Waals surface area contributed by atoms with E-state index in [1.54, 1.807) is 19.0 Å². The number of hydrogen-bond donors (Lipinski definition) is 2. The normalized spacial score (nSPS) is 24.4. The molecule has 8 nitrogen and oxygen atoms in total. The fourth-order valence-electron chi connectivity index (χ4n) is 4.33. The number of carbonyl (C=O) groups excluding carboxylic acids is 1. The van der Waals surface area contributed by atoms with E-state index in [-0.39, 0.29) is 48.6 Å². The molecule has 2 heterocycles. The number of carbonyl (C=O) groups is 1. The van der Waals surface area contributed by atoms with E-state index in [2.05, 4.69) is 39.9 Å². The van der Waals surface area contributed by atoms with Gasteiger partial charge in [-0.2, -0.15) is 0 Å². The number of hydrogen-bond acceptors (Lipinski definition) is 5. The van der Waals surface area contributed by atoms with Gasteiger partial charge in [-0.15, -0.1) is 24.0 Å². The Morgan fingerprint density at radius 3 is 2.72 bits per heavy atom. The van der Waals surface area contributed by atoms with Gasteiger partial charge in [-0.05, 0) is 30.4 Å². The molecule has 0 saturated carbocycles. The van der Waals surface area contributed by atoms with Crippen molar-refractivity contribution in [2.45, 2.75) is 50.0 Å². The molecule has 32 heavy (non-hydrogen) atoms. The van der Waals surface area contributed by atoms with Crippen molar-refractivity contribution in [1.29, 1.82) is 0 Å². The van der Waals surface area contributed by atoms with Crippen LogP contribution in [0.2, 0.25) is 0 Å². The molecular weight excluding hydrogens is 523 g/mol. The summed E-state index contributed by atoms with van der Waals surface area (Å²) in [5, 5.41) is 6.92. The van der Waals surface area contributed by atoms with Crippen molar-refractivity contribution in [1.82, 2.24) is 15.5 Å². The summed E-state index contributed by atoms with van der Waals surface area (Å²) in [7, 11) is 3.49. The number of halogens is 1. The van der Waals surface area contributed by atoms with E-state index in [4.69, 9.17) is 14.2 Å². The van der Waals surface area contributed by atoms with E-state index >= 15 is 0 Å². The van der Waals surface area contributed by atoms with Gasteiger partial charge in [-0.25, -0.2) is 4.99 Å². The van der Waals surface area contributed by atoms with Gasteiger partial charge in [0.05, 0.1) is 19.8 Å². The van der Waals surface area contributed by atoms with Crippen molar-refractivity contribution in [3.05, 3.63) is 35.4 Å². The number of rotatable bonds is 5. The molecule has 2 fully saturated rings. The van der Waals surface area contributed by atoms with E-state index in [1.165, 1.54) is 11.1 Å². The zero-order chi connectivity index (χ0) is 21.7. The second-order valence-electron chi connectivity index (χ2n) is 8.76. The van der Waals surface area contributed by atoms with Gasteiger partial charge in [0, 0.05) is 39.5 Å². The molecule has 2 saturated heterocycles. The van der Waals surface area contributed by atoms with Gasteiger partial charge in [0.1, 0.15) is 12.6 Å². The Hall–Kier alpha value is -1.43. The van der Waals surface area contributed by atoms with Crippen LogP contribution in [0.15, 0.2) is 29.3 Å². The molecule has 1 aromatic rings. The standard InChI is InChI=1S/C23H34N4O4.HI/c1-27(2)21(28)15-25-22(26-19-8-7-17-5-3-4-6-18(17)13-19)24-14-20-16-30-23(31-20)9-11-29-12-10-23;/h3-6,19-20H,7-16H2,1-2H3,(H2,24,25,26);1H. The zero-order valence-corrected chi connectivity index (χ0v) is 21.3. The Balaban J connectivity index is 0.00000289. The SMILES string of the molecule is CN(C)C(=O)CN=C(NCC1COC2(CCOCC2)O1)NC1CCc2ccccc2C1.I. The molecule has 1 spiro atoms. The van der Waals surface area contributed by atoms with Gasteiger partial charge in [-0.1, -0.05) is 24.3 Å². The van der Waals surface area contributed by atoms with Crippen molar-refractivity contribution < 1.29 is 19.0 Å². The molecular formula is C23H35IN4O4. The number of guanidine groups is 1. The van der Waals surface area contributed by atoms with Crippen molar-refractivity contribution in [3.8, 4) is 0 Å². The maximum atomic E-state index is 12.1. The van der Waals surface area contributed by atoms with E-state index in [1.807, 2.05) is 0 Å². The molecule has 0 bridgehead atoms. The summed E-state index contributed by atoms with van der Waals surface area (Å²) in [5.74, 6) is 0.122. The van der Waals surface area contributed by atoms with Gasteiger partial charge in [0.2, 0.25) is 5.91 Å². The molecule has 178 valence electrons. The predicted octanol–water partition coefficient (Wildman–Crippen LogP) is 1.71. The fraction of sp³-hybridized carbons (Fsp3) is 0.652. The topological polar surface area (TPSA) is 84.4 Å². The molecule has 4 rings (SSSR count).